The van der Waals surface area contributed by atoms with Crippen LogP contribution in [0.4, 0.5) is 5.69 Å². The summed E-state index contributed by atoms with van der Waals surface area (Å²) in [4.78, 5) is 0. The molecule has 2 radical (unpaired) electrons. The Morgan fingerprint density at radius 3 is 2.55 bits per heavy atom. The summed E-state index contributed by atoms with van der Waals surface area (Å²) in [6.45, 7) is 4.13. The van der Waals surface area contributed by atoms with Crippen molar-refractivity contribution >= 4 is 19.0 Å². The molecular formula is C9H12BN. The van der Waals surface area contributed by atoms with Crippen LogP contribution in [0, 0.1) is 6.92 Å². The lowest BCUT2D eigenvalue weighted by Gasteiger charge is -2.08. The van der Waals surface area contributed by atoms with E-state index in [9.17, 15) is 0 Å². The molecule has 1 rings (SSSR count). The van der Waals surface area contributed by atoms with E-state index in [1.54, 1.807) is 0 Å². The van der Waals surface area contributed by atoms with Crippen LogP contribution in [0.3, 0.4) is 0 Å². The molecule has 0 heterocycles. The van der Waals surface area contributed by atoms with Crippen LogP contribution in [-0.2, 0) is 6.42 Å². The maximum atomic E-state index is 5.75. The second kappa shape index (κ2) is 2.99. The first-order valence-corrected chi connectivity index (χ1v) is 3.79. The van der Waals surface area contributed by atoms with Gasteiger partial charge in [-0.25, -0.2) is 0 Å². The fourth-order valence-corrected chi connectivity index (χ4v) is 1.36. The number of hydrogen-bond acceptors (Lipinski definition) is 1. The van der Waals surface area contributed by atoms with Gasteiger partial charge >= 0.3 is 0 Å². The highest BCUT2D eigenvalue weighted by Gasteiger charge is 2.00. The first-order valence-electron chi connectivity index (χ1n) is 3.79. The number of rotatable bonds is 1. The van der Waals surface area contributed by atoms with Gasteiger partial charge in [0.2, 0.25) is 0 Å². The molecule has 0 bridgehead atoms. The van der Waals surface area contributed by atoms with Gasteiger partial charge in [0.25, 0.3) is 0 Å². The molecule has 11 heavy (non-hydrogen) atoms. The van der Waals surface area contributed by atoms with E-state index in [4.69, 9.17) is 13.6 Å². The monoisotopic (exact) mass is 145 g/mol. The Morgan fingerprint density at radius 1 is 1.45 bits per heavy atom. The van der Waals surface area contributed by atoms with E-state index >= 15 is 0 Å². The summed E-state index contributed by atoms with van der Waals surface area (Å²) in [6, 6.07) is 3.76. The van der Waals surface area contributed by atoms with E-state index in [2.05, 4.69) is 6.92 Å². The van der Waals surface area contributed by atoms with Crippen LogP contribution < -0.4 is 11.2 Å². The SMILES string of the molecule is [B]c1cc(C)c(CC)c(N)c1. The lowest BCUT2D eigenvalue weighted by atomic mass is 9.90. The molecule has 56 valence electrons. The second-order valence-electron chi connectivity index (χ2n) is 2.76. The van der Waals surface area contributed by atoms with Gasteiger partial charge < -0.3 is 5.73 Å². The van der Waals surface area contributed by atoms with Gasteiger partial charge in [-0.2, -0.15) is 0 Å². The zero-order valence-electron chi connectivity index (χ0n) is 7.02. The van der Waals surface area contributed by atoms with Gasteiger partial charge in [0.05, 0.1) is 0 Å². The molecular weight excluding hydrogens is 133 g/mol. The van der Waals surface area contributed by atoms with Crippen molar-refractivity contribution < 1.29 is 0 Å². The minimum Gasteiger partial charge on any atom is -0.399 e. The van der Waals surface area contributed by atoms with Crippen molar-refractivity contribution in [2.75, 3.05) is 5.73 Å². The van der Waals surface area contributed by atoms with Crippen molar-refractivity contribution in [3.63, 3.8) is 0 Å². The van der Waals surface area contributed by atoms with Crippen LogP contribution in [0.25, 0.3) is 0 Å². The standard InChI is InChI=1S/C9H12BN/c1-3-8-6(2)4-7(10)5-9(8)11/h4-5H,3,11H2,1-2H3. The predicted octanol–water partition coefficient (Wildman–Crippen LogP) is 0.933. The number of nitrogens with two attached hydrogens (primary N) is 1. The number of benzene rings is 1. The fourth-order valence-electron chi connectivity index (χ4n) is 1.36. The smallest absolute Gasteiger partial charge is 0.113 e. The maximum absolute atomic E-state index is 5.75. The van der Waals surface area contributed by atoms with Crippen LogP contribution in [0.1, 0.15) is 18.1 Å². The molecule has 1 nitrogen and oxygen atoms in total. The summed E-state index contributed by atoms with van der Waals surface area (Å²) in [5.74, 6) is 0. The molecule has 0 spiro atoms. The van der Waals surface area contributed by atoms with Gasteiger partial charge in [0, 0.05) is 5.69 Å². The van der Waals surface area contributed by atoms with Crippen LogP contribution >= 0.6 is 0 Å². The largest absolute Gasteiger partial charge is 0.399 e. The summed E-state index contributed by atoms with van der Waals surface area (Å²) in [6.07, 6.45) is 0.970. The third kappa shape index (κ3) is 1.56. The van der Waals surface area contributed by atoms with Gasteiger partial charge in [-0.3, -0.25) is 0 Å². The topological polar surface area (TPSA) is 26.0 Å². The third-order valence-corrected chi connectivity index (χ3v) is 1.88. The van der Waals surface area contributed by atoms with Crippen molar-refractivity contribution in [1.29, 1.82) is 0 Å². The lowest BCUT2D eigenvalue weighted by Crippen LogP contribution is -2.07. The van der Waals surface area contributed by atoms with Crippen LogP contribution in [0.15, 0.2) is 12.1 Å². The van der Waals surface area contributed by atoms with E-state index in [-0.39, 0.29) is 0 Å². The maximum Gasteiger partial charge on any atom is 0.113 e. The summed E-state index contributed by atoms with van der Waals surface area (Å²) in [7, 11) is 5.60. The van der Waals surface area contributed by atoms with Gasteiger partial charge in [0.15, 0.2) is 0 Å². The molecule has 0 aliphatic rings. The highest BCUT2D eigenvalue weighted by atomic mass is 14.6. The highest BCUT2D eigenvalue weighted by molar-refractivity contribution is 6.32. The zero-order valence-corrected chi connectivity index (χ0v) is 7.02. The van der Waals surface area contributed by atoms with E-state index in [1.807, 2.05) is 19.1 Å². The summed E-state index contributed by atoms with van der Waals surface area (Å²) in [5.41, 5.74) is 9.70. The second-order valence-corrected chi connectivity index (χ2v) is 2.76. The Kier molecular flexibility index (Phi) is 2.23. The molecule has 0 aliphatic carbocycles. The molecule has 0 amide bonds. The summed E-state index contributed by atoms with van der Waals surface area (Å²) in [5, 5.41) is 0. The van der Waals surface area contributed by atoms with E-state index in [1.165, 1.54) is 11.1 Å². The number of hydrogen-bond donors (Lipinski definition) is 1. The Hall–Kier alpha value is -0.915. The minimum atomic E-state index is 0.747. The van der Waals surface area contributed by atoms with Crippen molar-refractivity contribution in [3.05, 3.63) is 23.3 Å². The molecule has 0 unspecified atom stereocenters. The van der Waals surface area contributed by atoms with Crippen LogP contribution in [0.5, 0.6) is 0 Å². The Labute approximate surface area is 69.0 Å². The first-order chi connectivity index (χ1) is 5.15. The molecule has 2 N–H and O–H groups in total. The molecule has 0 fully saturated rings. The number of aryl methyl sites for hydroxylation is 1. The Balaban J connectivity index is 3.25. The van der Waals surface area contributed by atoms with E-state index in [0.29, 0.717) is 0 Å². The Bertz CT molecular complexity index is 245. The molecule has 0 aromatic heterocycles. The van der Waals surface area contributed by atoms with Gasteiger partial charge in [-0.05, 0) is 30.5 Å². The van der Waals surface area contributed by atoms with Gasteiger partial charge in [0.1, 0.15) is 7.85 Å². The van der Waals surface area contributed by atoms with E-state index in [0.717, 1.165) is 17.6 Å². The summed E-state index contributed by atoms with van der Waals surface area (Å²) < 4.78 is 0. The van der Waals surface area contributed by atoms with Crippen molar-refractivity contribution in [2.45, 2.75) is 20.3 Å². The first kappa shape index (κ1) is 8.18. The highest BCUT2D eigenvalue weighted by Crippen LogP contribution is 2.14. The molecule has 1 aromatic carbocycles. The van der Waals surface area contributed by atoms with Gasteiger partial charge in [-0.15, -0.1) is 0 Å². The average Bonchev–Trinajstić information content (AvgIpc) is 1.85. The summed E-state index contributed by atoms with van der Waals surface area (Å²) >= 11 is 0. The minimum absolute atomic E-state index is 0.747. The lowest BCUT2D eigenvalue weighted by molar-refractivity contribution is 1.12. The molecule has 0 saturated heterocycles. The zero-order chi connectivity index (χ0) is 8.43. The quantitative estimate of drug-likeness (QED) is 0.461. The molecule has 0 aliphatic heterocycles. The number of nitrogen functional groups attached to an aromatic ring is 1. The third-order valence-electron chi connectivity index (χ3n) is 1.88. The average molecular weight is 145 g/mol. The fraction of sp³-hybridized carbons (Fsp3) is 0.333. The number of anilines is 1. The van der Waals surface area contributed by atoms with Crippen molar-refractivity contribution in [1.82, 2.24) is 0 Å². The van der Waals surface area contributed by atoms with Crippen molar-refractivity contribution in [2.24, 2.45) is 0 Å². The molecule has 1 aromatic rings. The normalized spacial score (nSPS) is 10.0. The molecule has 0 atom stereocenters. The van der Waals surface area contributed by atoms with Crippen LogP contribution in [-0.4, -0.2) is 7.85 Å². The van der Waals surface area contributed by atoms with E-state index < -0.39 is 0 Å². The predicted molar refractivity (Wildman–Crippen MR) is 50.4 cm³/mol. The van der Waals surface area contributed by atoms with Gasteiger partial charge in [-0.1, -0.05) is 18.5 Å². The van der Waals surface area contributed by atoms with Crippen molar-refractivity contribution in [3.8, 4) is 0 Å². The molecule has 0 saturated carbocycles. The van der Waals surface area contributed by atoms with Crippen LogP contribution in [0.2, 0.25) is 0 Å². The molecule has 2 heteroatoms. The Morgan fingerprint density at radius 2 is 2.09 bits per heavy atom.